The number of furan rings is 1. The predicted octanol–water partition coefficient (Wildman–Crippen LogP) is 3.75. The Morgan fingerprint density at radius 1 is 1.24 bits per heavy atom. The molecule has 6 nitrogen and oxygen atoms in total. The van der Waals surface area contributed by atoms with E-state index >= 15 is 0 Å². The molecule has 1 amide bonds. The summed E-state index contributed by atoms with van der Waals surface area (Å²) in [6.45, 7) is 5.63. The Bertz CT molecular complexity index is 852. The van der Waals surface area contributed by atoms with Crippen LogP contribution in [0, 0.1) is 13.8 Å². The number of amides is 1. The van der Waals surface area contributed by atoms with Gasteiger partial charge >= 0.3 is 0 Å². The molecule has 3 aromatic rings. The molecule has 25 heavy (non-hydrogen) atoms. The Hall–Kier alpha value is -2.89. The lowest BCUT2D eigenvalue weighted by atomic mass is 10.1. The van der Waals surface area contributed by atoms with Gasteiger partial charge in [-0.05, 0) is 31.9 Å². The predicted molar refractivity (Wildman–Crippen MR) is 92.2 cm³/mol. The normalized spacial score (nSPS) is 12.1. The van der Waals surface area contributed by atoms with Crippen LogP contribution in [0.25, 0.3) is 0 Å². The Labute approximate surface area is 146 Å². The third kappa shape index (κ3) is 3.79. The number of carbonyl (C=O) groups is 1. The van der Waals surface area contributed by atoms with Gasteiger partial charge in [-0.3, -0.25) is 4.79 Å². The maximum atomic E-state index is 12.7. The Balaban J connectivity index is 1.91. The van der Waals surface area contributed by atoms with Crippen LogP contribution < -0.4 is 5.32 Å². The lowest BCUT2D eigenvalue weighted by Crippen LogP contribution is -2.30. The highest BCUT2D eigenvalue weighted by Crippen LogP contribution is 2.22. The number of nitrogens with zero attached hydrogens (tertiary/aromatic N) is 2. The molecule has 0 saturated heterocycles. The van der Waals surface area contributed by atoms with E-state index in [1.54, 1.807) is 13.0 Å². The summed E-state index contributed by atoms with van der Waals surface area (Å²) in [6.07, 6.45) is 1.62. The Morgan fingerprint density at radius 2 is 2.00 bits per heavy atom. The van der Waals surface area contributed by atoms with E-state index in [2.05, 4.69) is 15.5 Å². The van der Waals surface area contributed by atoms with E-state index in [0.29, 0.717) is 35.2 Å². The maximum absolute atomic E-state index is 12.7. The van der Waals surface area contributed by atoms with Crippen LogP contribution in [0.3, 0.4) is 0 Å². The molecule has 0 saturated carbocycles. The lowest BCUT2D eigenvalue weighted by Gasteiger charge is -2.15. The number of aromatic nitrogens is 2. The van der Waals surface area contributed by atoms with Crippen molar-refractivity contribution in [2.45, 2.75) is 39.7 Å². The first-order chi connectivity index (χ1) is 12.1. The van der Waals surface area contributed by atoms with Gasteiger partial charge in [0.05, 0.1) is 5.56 Å². The van der Waals surface area contributed by atoms with Crippen molar-refractivity contribution in [3.05, 3.63) is 70.8 Å². The number of carbonyl (C=O) groups excluding carboxylic acids is 1. The topological polar surface area (TPSA) is 81.2 Å². The van der Waals surface area contributed by atoms with Crippen LogP contribution in [0.2, 0.25) is 0 Å². The zero-order valence-corrected chi connectivity index (χ0v) is 14.6. The SMILES string of the molecule is CCCc1nc(C(NC(=O)c2cc(C)oc2C)c2ccccc2)no1. The Morgan fingerprint density at radius 3 is 2.64 bits per heavy atom. The molecule has 0 bridgehead atoms. The fourth-order valence-corrected chi connectivity index (χ4v) is 2.71. The highest BCUT2D eigenvalue weighted by Gasteiger charge is 2.24. The summed E-state index contributed by atoms with van der Waals surface area (Å²) in [7, 11) is 0. The number of aryl methyl sites for hydroxylation is 3. The number of hydrogen-bond acceptors (Lipinski definition) is 5. The maximum Gasteiger partial charge on any atom is 0.255 e. The zero-order valence-electron chi connectivity index (χ0n) is 14.6. The monoisotopic (exact) mass is 339 g/mol. The van der Waals surface area contributed by atoms with Gasteiger partial charge in [-0.1, -0.05) is 42.4 Å². The van der Waals surface area contributed by atoms with Gasteiger partial charge in [0.1, 0.15) is 17.6 Å². The first-order valence-electron chi connectivity index (χ1n) is 8.33. The first kappa shape index (κ1) is 17.0. The molecule has 1 unspecified atom stereocenters. The van der Waals surface area contributed by atoms with Crippen molar-refractivity contribution in [3.8, 4) is 0 Å². The smallest absolute Gasteiger partial charge is 0.255 e. The van der Waals surface area contributed by atoms with Gasteiger partial charge in [0.25, 0.3) is 5.91 Å². The van der Waals surface area contributed by atoms with E-state index < -0.39 is 6.04 Å². The quantitative estimate of drug-likeness (QED) is 0.739. The summed E-state index contributed by atoms with van der Waals surface area (Å²) in [5.41, 5.74) is 1.40. The summed E-state index contributed by atoms with van der Waals surface area (Å²) < 4.78 is 10.7. The van der Waals surface area contributed by atoms with Gasteiger partial charge in [-0.25, -0.2) is 0 Å². The van der Waals surface area contributed by atoms with Gasteiger partial charge < -0.3 is 14.3 Å². The van der Waals surface area contributed by atoms with Crippen LogP contribution in [0.4, 0.5) is 0 Å². The standard InChI is InChI=1S/C19H21N3O3/c1-4-8-16-20-18(22-25-16)17(14-9-6-5-7-10-14)21-19(23)15-11-12(2)24-13(15)3/h5-7,9-11,17H,4,8H2,1-3H3,(H,21,23). The molecule has 3 rings (SSSR count). The fourth-order valence-electron chi connectivity index (χ4n) is 2.71. The first-order valence-corrected chi connectivity index (χ1v) is 8.33. The third-order valence-electron chi connectivity index (χ3n) is 3.90. The second kappa shape index (κ2) is 7.34. The fraction of sp³-hybridized carbons (Fsp3) is 0.316. The minimum Gasteiger partial charge on any atom is -0.466 e. The van der Waals surface area contributed by atoms with Gasteiger partial charge in [0.2, 0.25) is 5.89 Å². The summed E-state index contributed by atoms with van der Waals surface area (Å²) in [5, 5.41) is 7.05. The number of benzene rings is 1. The summed E-state index contributed by atoms with van der Waals surface area (Å²) in [5.74, 6) is 2.07. The van der Waals surface area contributed by atoms with Crippen LogP contribution in [0.1, 0.15) is 58.5 Å². The summed E-state index contributed by atoms with van der Waals surface area (Å²) in [6, 6.07) is 10.8. The van der Waals surface area contributed by atoms with Crippen LogP contribution in [-0.4, -0.2) is 16.0 Å². The summed E-state index contributed by atoms with van der Waals surface area (Å²) >= 11 is 0. The van der Waals surface area contributed by atoms with Crippen molar-refractivity contribution in [3.63, 3.8) is 0 Å². The second-order valence-corrected chi connectivity index (χ2v) is 5.94. The van der Waals surface area contributed by atoms with E-state index in [1.807, 2.05) is 44.2 Å². The molecule has 130 valence electrons. The molecule has 1 N–H and O–H groups in total. The third-order valence-corrected chi connectivity index (χ3v) is 3.90. The van der Waals surface area contributed by atoms with E-state index in [4.69, 9.17) is 8.94 Å². The molecule has 2 heterocycles. The van der Waals surface area contributed by atoms with Gasteiger partial charge in [0, 0.05) is 6.42 Å². The molecule has 0 aliphatic carbocycles. The molecule has 1 aromatic carbocycles. The second-order valence-electron chi connectivity index (χ2n) is 5.94. The van der Waals surface area contributed by atoms with Crippen LogP contribution in [-0.2, 0) is 6.42 Å². The minimum atomic E-state index is -0.488. The molecule has 1 atom stereocenters. The van der Waals surface area contributed by atoms with Crippen molar-refractivity contribution in [1.29, 1.82) is 0 Å². The Kier molecular flexibility index (Phi) is 4.97. The molecule has 0 radical (unpaired) electrons. The number of rotatable bonds is 6. The zero-order chi connectivity index (χ0) is 17.8. The molecule has 6 heteroatoms. The minimum absolute atomic E-state index is 0.231. The van der Waals surface area contributed by atoms with Crippen LogP contribution in [0.5, 0.6) is 0 Å². The summed E-state index contributed by atoms with van der Waals surface area (Å²) in [4.78, 5) is 17.1. The molecular weight excluding hydrogens is 318 g/mol. The highest BCUT2D eigenvalue weighted by atomic mass is 16.5. The number of nitrogens with one attached hydrogen (secondary N) is 1. The van der Waals surface area contributed by atoms with E-state index in [-0.39, 0.29) is 5.91 Å². The lowest BCUT2D eigenvalue weighted by molar-refractivity contribution is 0.0939. The van der Waals surface area contributed by atoms with Gasteiger partial charge in [-0.2, -0.15) is 4.98 Å². The van der Waals surface area contributed by atoms with Crippen molar-refractivity contribution < 1.29 is 13.7 Å². The van der Waals surface area contributed by atoms with Gasteiger partial charge in [-0.15, -0.1) is 0 Å². The molecule has 2 aromatic heterocycles. The van der Waals surface area contributed by atoms with Crippen LogP contribution in [0.15, 0.2) is 45.3 Å². The largest absolute Gasteiger partial charge is 0.466 e. The van der Waals surface area contributed by atoms with Crippen molar-refractivity contribution >= 4 is 5.91 Å². The average molecular weight is 339 g/mol. The van der Waals surface area contributed by atoms with Crippen molar-refractivity contribution in [1.82, 2.24) is 15.5 Å². The highest BCUT2D eigenvalue weighted by molar-refractivity contribution is 5.95. The van der Waals surface area contributed by atoms with Crippen molar-refractivity contribution in [2.24, 2.45) is 0 Å². The van der Waals surface area contributed by atoms with E-state index in [0.717, 1.165) is 12.0 Å². The molecule has 0 spiro atoms. The van der Waals surface area contributed by atoms with E-state index in [9.17, 15) is 4.79 Å². The van der Waals surface area contributed by atoms with E-state index in [1.165, 1.54) is 0 Å². The van der Waals surface area contributed by atoms with Crippen molar-refractivity contribution in [2.75, 3.05) is 0 Å². The number of hydrogen-bond donors (Lipinski definition) is 1. The molecule has 0 fully saturated rings. The average Bonchev–Trinajstić information content (AvgIpc) is 3.20. The molecule has 0 aliphatic heterocycles. The van der Waals surface area contributed by atoms with Crippen LogP contribution >= 0.6 is 0 Å². The molecular formula is C19H21N3O3. The molecule has 0 aliphatic rings. The van der Waals surface area contributed by atoms with Gasteiger partial charge in [0.15, 0.2) is 5.82 Å².